The second-order valence-electron chi connectivity index (χ2n) is 10.6. The van der Waals surface area contributed by atoms with Crippen LogP contribution in [0.15, 0.2) is 33.1 Å². The van der Waals surface area contributed by atoms with Crippen molar-refractivity contribution in [3.63, 3.8) is 0 Å². The zero-order chi connectivity index (χ0) is 24.5. The first kappa shape index (κ1) is 23.4. The summed E-state index contributed by atoms with van der Waals surface area (Å²) in [7, 11) is 0. The van der Waals surface area contributed by atoms with Gasteiger partial charge in [0, 0.05) is 25.2 Å². The third kappa shape index (κ3) is 5.11. The SMILES string of the molecule is Cc1cc2nc(/C=C/c3nc4cc(C)c(CN5CCCCC5)cc4o3)oc2cc1CN1CCCCC1. The molecule has 0 radical (unpaired) electrons. The Morgan fingerprint density at radius 2 is 1.06 bits per heavy atom. The molecule has 0 saturated carbocycles. The first-order chi connectivity index (χ1) is 17.6. The fraction of sp³-hybridized carbons (Fsp3) is 0.467. The van der Waals surface area contributed by atoms with Crippen LogP contribution in [0.3, 0.4) is 0 Å². The molecular formula is C30H36N4O2. The van der Waals surface area contributed by atoms with Crippen LogP contribution in [0.2, 0.25) is 0 Å². The molecule has 36 heavy (non-hydrogen) atoms. The number of aryl methyl sites for hydroxylation is 2. The van der Waals surface area contributed by atoms with Crippen molar-refractivity contribution in [3.8, 4) is 0 Å². The zero-order valence-electron chi connectivity index (χ0n) is 21.6. The molecule has 0 unspecified atom stereocenters. The third-order valence-corrected chi connectivity index (χ3v) is 7.78. The highest BCUT2D eigenvalue weighted by Crippen LogP contribution is 2.26. The van der Waals surface area contributed by atoms with Crippen LogP contribution in [-0.4, -0.2) is 45.9 Å². The molecule has 4 heterocycles. The maximum absolute atomic E-state index is 6.08. The number of aromatic nitrogens is 2. The van der Waals surface area contributed by atoms with Crippen LogP contribution >= 0.6 is 0 Å². The summed E-state index contributed by atoms with van der Waals surface area (Å²) in [6.45, 7) is 11.0. The number of oxazole rings is 2. The monoisotopic (exact) mass is 484 g/mol. The lowest BCUT2D eigenvalue weighted by Gasteiger charge is -2.26. The molecule has 6 rings (SSSR count). The number of fused-ring (bicyclic) bond motifs is 2. The average Bonchev–Trinajstić information content (AvgIpc) is 3.47. The summed E-state index contributed by atoms with van der Waals surface area (Å²) in [6.07, 6.45) is 11.6. The van der Waals surface area contributed by atoms with Gasteiger partial charge in [-0.05, 0) is 112 Å². The molecule has 6 nitrogen and oxygen atoms in total. The van der Waals surface area contributed by atoms with Gasteiger partial charge in [0.2, 0.25) is 11.8 Å². The van der Waals surface area contributed by atoms with Crippen molar-refractivity contribution in [2.45, 2.75) is 65.5 Å². The van der Waals surface area contributed by atoms with E-state index in [0.717, 1.165) is 35.3 Å². The van der Waals surface area contributed by atoms with Gasteiger partial charge in [0.05, 0.1) is 0 Å². The van der Waals surface area contributed by atoms with E-state index >= 15 is 0 Å². The number of nitrogens with zero attached hydrogens (tertiary/aromatic N) is 4. The van der Waals surface area contributed by atoms with Crippen molar-refractivity contribution >= 4 is 34.4 Å². The van der Waals surface area contributed by atoms with Crippen LogP contribution in [0.4, 0.5) is 0 Å². The van der Waals surface area contributed by atoms with Crippen LogP contribution in [0, 0.1) is 13.8 Å². The van der Waals surface area contributed by atoms with E-state index in [1.54, 1.807) is 0 Å². The summed E-state index contributed by atoms with van der Waals surface area (Å²) in [5.41, 5.74) is 8.65. The van der Waals surface area contributed by atoms with E-state index in [9.17, 15) is 0 Å². The summed E-state index contributed by atoms with van der Waals surface area (Å²) < 4.78 is 12.2. The largest absolute Gasteiger partial charge is 0.437 e. The lowest BCUT2D eigenvalue weighted by atomic mass is 10.1. The fourth-order valence-corrected chi connectivity index (χ4v) is 5.62. The molecule has 0 aliphatic carbocycles. The summed E-state index contributed by atoms with van der Waals surface area (Å²) in [5.74, 6) is 1.15. The van der Waals surface area contributed by atoms with Gasteiger partial charge in [0.15, 0.2) is 11.2 Å². The Bertz CT molecular complexity index is 1280. The molecule has 0 N–H and O–H groups in total. The molecule has 188 valence electrons. The average molecular weight is 485 g/mol. The summed E-state index contributed by atoms with van der Waals surface area (Å²) >= 11 is 0. The summed E-state index contributed by atoms with van der Waals surface area (Å²) in [4.78, 5) is 14.5. The van der Waals surface area contributed by atoms with E-state index in [1.165, 1.54) is 87.0 Å². The normalized spacial score (nSPS) is 18.2. The Morgan fingerprint density at radius 3 is 1.47 bits per heavy atom. The topological polar surface area (TPSA) is 58.5 Å². The number of benzene rings is 2. The molecule has 2 aliphatic heterocycles. The Morgan fingerprint density at radius 1 is 0.639 bits per heavy atom. The van der Waals surface area contributed by atoms with Crippen LogP contribution in [-0.2, 0) is 13.1 Å². The van der Waals surface area contributed by atoms with E-state index in [2.05, 4.69) is 57.9 Å². The van der Waals surface area contributed by atoms with Gasteiger partial charge in [0.25, 0.3) is 0 Å². The number of piperidine rings is 2. The van der Waals surface area contributed by atoms with Crippen molar-refractivity contribution in [2.24, 2.45) is 0 Å². The van der Waals surface area contributed by atoms with Gasteiger partial charge < -0.3 is 8.83 Å². The lowest BCUT2D eigenvalue weighted by Crippen LogP contribution is -2.29. The molecule has 6 heteroatoms. The van der Waals surface area contributed by atoms with Crippen LogP contribution in [0.5, 0.6) is 0 Å². The van der Waals surface area contributed by atoms with Gasteiger partial charge in [-0.25, -0.2) is 9.97 Å². The molecule has 2 aromatic carbocycles. The quantitative estimate of drug-likeness (QED) is 0.302. The Kier molecular flexibility index (Phi) is 6.63. The minimum absolute atomic E-state index is 0.573. The van der Waals surface area contributed by atoms with Gasteiger partial charge in [-0.2, -0.15) is 0 Å². The first-order valence-corrected chi connectivity index (χ1v) is 13.5. The van der Waals surface area contributed by atoms with Gasteiger partial charge in [-0.3, -0.25) is 9.80 Å². The number of likely N-dealkylation sites (tertiary alicyclic amines) is 2. The van der Waals surface area contributed by atoms with Gasteiger partial charge in [0.1, 0.15) is 11.0 Å². The van der Waals surface area contributed by atoms with Crippen LogP contribution in [0.25, 0.3) is 34.4 Å². The molecule has 0 amide bonds. The number of rotatable bonds is 6. The van der Waals surface area contributed by atoms with Gasteiger partial charge in [-0.15, -0.1) is 0 Å². The van der Waals surface area contributed by atoms with Crippen LogP contribution < -0.4 is 0 Å². The van der Waals surface area contributed by atoms with E-state index in [0.29, 0.717) is 11.8 Å². The van der Waals surface area contributed by atoms with E-state index in [1.807, 2.05) is 12.2 Å². The predicted octanol–water partition coefficient (Wildman–Crippen LogP) is 6.73. The number of hydrogen-bond acceptors (Lipinski definition) is 6. The minimum atomic E-state index is 0.573. The summed E-state index contributed by atoms with van der Waals surface area (Å²) in [6, 6.07) is 8.61. The highest BCUT2D eigenvalue weighted by molar-refractivity contribution is 5.79. The molecular weight excluding hydrogens is 448 g/mol. The fourth-order valence-electron chi connectivity index (χ4n) is 5.62. The zero-order valence-corrected chi connectivity index (χ0v) is 21.6. The minimum Gasteiger partial charge on any atom is -0.437 e. The third-order valence-electron chi connectivity index (χ3n) is 7.78. The first-order valence-electron chi connectivity index (χ1n) is 13.5. The highest BCUT2D eigenvalue weighted by Gasteiger charge is 2.16. The van der Waals surface area contributed by atoms with Gasteiger partial charge >= 0.3 is 0 Å². The molecule has 4 aromatic rings. The van der Waals surface area contributed by atoms with E-state index in [4.69, 9.17) is 8.83 Å². The molecule has 2 fully saturated rings. The van der Waals surface area contributed by atoms with Crippen LogP contribution in [0.1, 0.15) is 72.6 Å². The molecule has 2 aliphatic rings. The second-order valence-corrected chi connectivity index (χ2v) is 10.6. The lowest BCUT2D eigenvalue weighted by molar-refractivity contribution is 0.220. The highest BCUT2D eigenvalue weighted by atomic mass is 16.4. The Labute approximate surface area is 213 Å². The van der Waals surface area contributed by atoms with Gasteiger partial charge in [-0.1, -0.05) is 12.8 Å². The predicted molar refractivity (Wildman–Crippen MR) is 145 cm³/mol. The van der Waals surface area contributed by atoms with Crippen molar-refractivity contribution in [3.05, 3.63) is 58.3 Å². The molecule has 2 aromatic heterocycles. The van der Waals surface area contributed by atoms with Crippen molar-refractivity contribution in [1.82, 2.24) is 19.8 Å². The Hall–Kier alpha value is -2.96. The molecule has 0 spiro atoms. The van der Waals surface area contributed by atoms with Crippen molar-refractivity contribution in [2.75, 3.05) is 26.2 Å². The second kappa shape index (κ2) is 10.2. The van der Waals surface area contributed by atoms with Crippen molar-refractivity contribution in [1.29, 1.82) is 0 Å². The number of hydrogen-bond donors (Lipinski definition) is 0. The standard InChI is InChI=1S/C30H36N4O2/c1-21-15-25-27(17-23(21)19-33-11-5-3-6-12-33)35-29(31-25)9-10-30-32-26-16-22(2)24(18-28(26)36-30)20-34-13-7-4-8-14-34/h9-10,15-18H,3-8,11-14,19-20H2,1-2H3/b10-9+. The molecule has 0 bridgehead atoms. The van der Waals surface area contributed by atoms with E-state index in [-0.39, 0.29) is 0 Å². The van der Waals surface area contributed by atoms with E-state index < -0.39 is 0 Å². The van der Waals surface area contributed by atoms with Crippen molar-refractivity contribution < 1.29 is 8.83 Å². The maximum Gasteiger partial charge on any atom is 0.220 e. The maximum atomic E-state index is 6.08. The molecule has 0 atom stereocenters. The smallest absolute Gasteiger partial charge is 0.220 e. The Balaban J connectivity index is 1.19. The summed E-state index contributed by atoms with van der Waals surface area (Å²) in [5, 5.41) is 0. The molecule has 2 saturated heterocycles.